The Bertz CT molecular complexity index is 665. The lowest BCUT2D eigenvalue weighted by atomic mass is 10.2. The molecule has 4 nitrogen and oxygen atoms in total. The van der Waals surface area contributed by atoms with Crippen LogP contribution in [0.1, 0.15) is 11.1 Å². The van der Waals surface area contributed by atoms with E-state index in [1.807, 2.05) is 31.2 Å². The normalized spacial score (nSPS) is 10.7. The minimum Gasteiger partial charge on any atom is -0.386 e. The number of aryl methyl sites for hydroxylation is 1. The van der Waals surface area contributed by atoms with E-state index in [4.69, 9.17) is 28.0 Å². The minimum atomic E-state index is -0.348. The van der Waals surface area contributed by atoms with Crippen molar-refractivity contribution in [1.82, 2.24) is 0 Å². The standard InChI is InChI=1S/C16H14Cl2N2O2/c1-11-2-4-12(5-3-11)9-19-22-10-16(21)20-15-7-13(17)6-14(18)8-15/h2-9H,10H2,1H3,(H,20,21)/b19-9-. The van der Waals surface area contributed by atoms with Gasteiger partial charge in [0.25, 0.3) is 5.91 Å². The number of amides is 1. The highest BCUT2D eigenvalue weighted by atomic mass is 35.5. The van der Waals surface area contributed by atoms with Gasteiger partial charge in [0.15, 0.2) is 6.61 Å². The molecule has 0 aliphatic carbocycles. The van der Waals surface area contributed by atoms with Crippen molar-refractivity contribution in [2.45, 2.75) is 6.92 Å². The summed E-state index contributed by atoms with van der Waals surface area (Å²) in [6.45, 7) is 1.80. The van der Waals surface area contributed by atoms with Gasteiger partial charge in [0, 0.05) is 15.7 Å². The molecule has 22 heavy (non-hydrogen) atoms. The number of halogens is 2. The fourth-order valence-corrected chi connectivity index (χ4v) is 2.20. The van der Waals surface area contributed by atoms with Crippen LogP contribution in [0.4, 0.5) is 5.69 Å². The van der Waals surface area contributed by atoms with Gasteiger partial charge in [-0.1, -0.05) is 58.2 Å². The lowest BCUT2D eigenvalue weighted by molar-refractivity contribution is -0.120. The van der Waals surface area contributed by atoms with Crippen molar-refractivity contribution in [2.75, 3.05) is 11.9 Å². The van der Waals surface area contributed by atoms with Crippen molar-refractivity contribution in [3.63, 3.8) is 0 Å². The van der Waals surface area contributed by atoms with E-state index in [2.05, 4.69) is 10.5 Å². The van der Waals surface area contributed by atoms with Gasteiger partial charge in [0.2, 0.25) is 0 Å². The number of carbonyl (C=O) groups excluding carboxylic acids is 1. The van der Waals surface area contributed by atoms with E-state index in [0.717, 1.165) is 11.1 Å². The van der Waals surface area contributed by atoms with Crippen LogP contribution in [0.2, 0.25) is 10.0 Å². The molecule has 2 aromatic rings. The predicted octanol–water partition coefficient (Wildman–Crippen LogP) is 4.29. The van der Waals surface area contributed by atoms with Gasteiger partial charge in [-0.2, -0.15) is 0 Å². The Kier molecular flexibility index (Phi) is 5.81. The number of nitrogens with zero attached hydrogens (tertiary/aromatic N) is 1. The van der Waals surface area contributed by atoms with Gasteiger partial charge >= 0.3 is 0 Å². The third-order valence-corrected chi connectivity index (χ3v) is 3.13. The van der Waals surface area contributed by atoms with Crippen molar-refractivity contribution in [3.8, 4) is 0 Å². The van der Waals surface area contributed by atoms with Gasteiger partial charge in [-0.3, -0.25) is 4.79 Å². The van der Waals surface area contributed by atoms with Crippen LogP contribution >= 0.6 is 23.2 Å². The van der Waals surface area contributed by atoms with Gasteiger partial charge in [-0.25, -0.2) is 0 Å². The summed E-state index contributed by atoms with van der Waals surface area (Å²) in [6.07, 6.45) is 1.54. The first-order valence-corrected chi connectivity index (χ1v) is 7.26. The Morgan fingerprint density at radius 2 is 1.82 bits per heavy atom. The van der Waals surface area contributed by atoms with Crippen LogP contribution in [0.25, 0.3) is 0 Å². The van der Waals surface area contributed by atoms with Crippen molar-refractivity contribution in [2.24, 2.45) is 5.16 Å². The molecule has 0 fully saturated rings. The topological polar surface area (TPSA) is 50.7 Å². The molecule has 114 valence electrons. The highest BCUT2D eigenvalue weighted by molar-refractivity contribution is 6.35. The molecule has 0 aliphatic rings. The second-order valence-corrected chi connectivity index (χ2v) is 5.50. The molecule has 0 saturated heterocycles. The number of rotatable bonds is 5. The minimum absolute atomic E-state index is 0.202. The SMILES string of the molecule is Cc1ccc(/C=N\OCC(=O)Nc2cc(Cl)cc(Cl)c2)cc1. The van der Waals surface area contributed by atoms with E-state index < -0.39 is 0 Å². The van der Waals surface area contributed by atoms with Crippen LogP contribution < -0.4 is 5.32 Å². The van der Waals surface area contributed by atoms with Gasteiger partial charge in [0.05, 0.1) is 6.21 Å². The van der Waals surface area contributed by atoms with E-state index in [-0.39, 0.29) is 12.5 Å². The molecule has 6 heteroatoms. The van der Waals surface area contributed by atoms with Gasteiger partial charge in [-0.05, 0) is 30.7 Å². The van der Waals surface area contributed by atoms with E-state index in [9.17, 15) is 4.79 Å². The fourth-order valence-electron chi connectivity index (χ4n) is 1.67. The Morgan fingerprint density at radius 1 is 1.18 bits per heavy atom. The molecule has 1 amide bonds. The number of carbonyl (C=O) groups is 1. The third-order valence-electron chi connectivity index (χ3n) is 2.70. The summed E-state index contributed by atoms with van der Waals surface area (Å²) in [5, 5.41) is 7.26. The number of hydrogen-bond donors (Lipinski definition) is 1. The monoisotopic (exact) mass is 336 g/mol. The van der Waals surface area contributed by atoms with Crippen LogP contribution in [-0.2, 0) is 9.63 Å². The maximum atomic E-state index is 11.7. The van der Waals surface area contributed by atoms with Crippen LogP contribution in [0, 0.1) is 6.92 Å². The molecule has 0 aliphatic heterocycles. The van der Waals surface area contributed by atoms with Crippen molar-refractivity contribution in [1.29, 1.82) is 0 Å². The van der Waals surface area contributed by atoms with Crippen LogP contribution in [0.15, 0.2) is 47.6 Å². The molecule has 2 rings (SSSR count). The van der Waals surface area contributed by atoms with Gasteiger partial charge in [0.1, 0.15) is 0 Å². The Labute approximate surface area is 138 Å². The molecule has 0 atom stereocenters. The molecule has 0 saturated carbocycles. The molecular weight excluding hydrogens is 323 g/mol. The summed E-state index contributed by atoms with van der Waals surface area (Å²) in [5.41, 5.74) is 2.57. The Hall–Kier alpha value is -2.04. The third kappa shape index (κ3) is 5.39. The first-order valence-electron chi connectivity index (χ1n) is 6.51. The van der Waals surface area contributed by atoms with Crippen molar-refractivity contribution in [3.05, 3.63) is 63.6 Å². The summed E-state index contributed by atoms with van der Waals surface area (Å²) >= 11 is 11.7. The number of hydrogen-bond acceptors (Lipinski definition) is 3. The molecule has 2 aromatic carbocycles. The predicted molar refractivity (Wildman–Crippen MR) is 89.8 cm³/mol. The molecule has 0 bridgehead atoms. The molecule has 0 spiro atoms. The summed E-state index contributed by atoms with van der Waals surface area (Å²) in [5.74, 6) is -0.348. The summed E-state index contributed by atoms with van der Waals surface area (Å²) in [7, 11) is 0. The van der Waals surface area contributed by atoms with Gasteiger partial charge in [-0.15, -0.1) is 0 Å². The van der Waals surface area contributed by atoms with E-state index >= 15 is 0 Å². The van der Waals surface area contributed by atoms with Crippen LogP contribution in [0.5, 0.6) is 0 Å². The van der Waals surface area contributed by atoms with Crippen LogP contribution in [-0.4, -0.2) is 18.7 Å². The molecule has 0 heterocycles. The number of benzene rings is 2. The molecule has 0 aromatic heterocycles. The molecule has 1 N–H and O–H groups in total. The number of oxime groups is 1. The number of nitrogens with one attached hydrogen (secondary N) is 1. The molecule has 0 unspecified atom stereocenters. The molecule has 0 radical (unpaired) electrons. The van der Waals surface area contributed by atoms with E-state index in [1.165, 1.54) is 0 Å². The summed E-state index contributed by atoms with van der Waals surface area (Å²) < 4.78 is 0. The first kappa shape index (κ1) is 16.3. The average Bonchev–Trinajstić information content (AvgIpc) is 2.44. The van der Waals surface area contributed by atoms with E-state index in [1.54, 1.807) is 24.4 Å². The Morgan fingerprint density at radius 3 is 2.45 bits per heavy atom. The zero-order valence-electron chi connectivity index (χ0n) is 11.8. The maximum Gasteiger partial charge on any atom is 0.265 e. The van der Waals surface area contributed by atoms with Crippen molar-refractivity contribution >= 4 is 41.0 Å². The Balaban J connectivity index is 1.81. The first-order chi connectivity index (χ1) is 10.5. The van der Waals surface area contributed by atoms with Gasteiger partial charge < -0.3 is 10.2 Å². The summed E-state index contributed by atoms with van der Waals surface area (Å²) in [4.78, 5) is 16.6. The van der Waals surface area contributed by atoms with E-state index in [0.29, 0.717) is 15.7 Å². The van der Waals surface area contributed by atoms with Crippen LogP contribution in [0.3, 0.4) is 0 Å². The lowest BCUT2D eigenvalue weighted by Crippen LogP contribution is -2.16. The zero-order chi connectivity index (χ0) is 15.9. The average molecular weight is 337 g/mol. The largest absolute Gasteiger partial charge is 0.386 e. The fraction of sp³-hybridized carbons (Fsp3) is 0.125. The second kappa shape index (κ2) is 7.82. The highest BCUT2D eigenvalue weighted by Crippen LogP contribution is 2.22. The lowest BCUT2D eigenvalue weighted by Gasteiger charge is -2.05. The second-order valence-electron chi connectivity index (χ2n) is 4.62. The maximum absolute atomic E-state index is 11.7. The smallest absolute Gasteiger partial charge is 0.265 e. The molecular formula is C16H14Cl2N2O2. The van der Waals surface area contributed by atoms with Crippen molar-refractivity contribution < 1.29 is 9.63 Å². The quantitative estimate of drug-likeness (QED) is 0.654. The highest BCUT2D eigenvalue weighted by Gasteiger charge is 2.04. The summed E-state index contributed by atoms with van der Waals surface area (Å²) in [6, 6.07) is 12.5. The number of anilines is 1. The zero-order valence-corrected chi connectivity index (χ0v) is 13.4.